The van der Waals surface area contributed by atoms with Crippen LogP contribution >= 0.6 is 0 Å². The molecule has 0 atom stereocenters. The molecule has 0 amide bonds. The van der Waals surface area contributed by atoms with E-state index in [1.54, 1.807) is 0 Å². The van der Waals surface area contributed by atoms with Gasteiger partial charge >= 0.3 is 6.18 Å². The van der Waals surface area contributed by atoms with Crippen LogP contribution in [0, 0.1) is 5.82 Å². The number of benzene rings is 1. The molecule has 0 aliphatic carbocycles. The van der Waals surface area contributed by atoms with E-state index in [0.717, 1.165) is 6.07 Å². The Balaban J connectivity index is 2.10. The summed E-state index contributed by atoms with van der Waals surface area (Å²) in [6.45, 7) is 1.34. The first-order valence-corrected chi connectivity index (χ1v) is 6.59. The summed E-state index contributed by atoms with van der Waals surface area (Å²) in [5.74, 6) is -1.22. The van der Waals surface area contributed by atoms with Crippen LogP contribution in [0.2, 0.25) is 0 Å². The minimum absolute atomic E-state index is 0.00628. The first kappa shape index (κ1) is 15.3. The number of nitrogens with one attached hydrogen (secondary N) is 1. The Hall–Kier alpha value is -1.14. The highest BCUT2D eigenvalue weighted by atomic mass is 19.4. The summed E-state index contributed by atoms with van der Waals surface area (Å²) in [6, 6.07) is 3.28. The second-order valence-corrected chi connectivity index (χ2v) is 5.25. The summed E-state index contributed by atoms with van der Waals surface area (Å²) in [5.41, 5.74) is -2.15. The van der Waals surface area contributed by atoms with Crippen LogP contribution in [-0.4, -0.2) is 23.8 Å². The van der Waals surface area contributed by atoms with E-state index in [1.165, 1.54) is 12.1 Å². The molecular weight excluding hydrogens is 274 g/mol. The SMILES string of the molecule is OC1(CCc2cccc(C(F)(F)F)c2F)CCNCC1. The van der Waals surface area contributed by atoms with Crippen LogP contribution in [0.5, 0.6) is 0 Å². The van der Waals surface area contributed by atoms with Crippen LogP contribution < -0.4 is 5.32 Å². The zero-order valence-corrected chi connectivity index (χ0v) is 10.9. The summed E-state index contributed by atoms with van der Waals surface area (Å²) in [6.07, 6.45) is -3.24. The molecule has 112 valence electrons. The summed E-state index contributed by atoms with van der Waals surface area (Å²) in [7, 11) is 0. The number of hydrogen-bond acceptors (Lipinski definition) is 2. The van der Waals surface area contributed by atoms with Crippen molar-refractivity contribution < 1.29 is 22.7 Å². The van der Waals surface area contributed by atoms with Gasteiger partial charge in [0.05, 0.1) is 11.2 Å². The van der Waals surface area contributed by atoms with E-state index >= 15 is 0 Å². The highest BCUT2D eigenvalue weighted by Crippen LogP contribution is 2.33. The van der Waals surface area contributed by atoms with Crippen molar-refractivity contribution in [1.29, 1.82) is 0 Å². The molecule has 1 heterocycles. The Morgan fingerprint density at radius 2 is 1.85 bits per heavy atom. The third kappa shape index (κ3) is 3.49. The van der Waals surface area contributed by atoms with E-state index in [1.807, 2.05) is 0 Å². The fourth-order valence-electron chi connectivity index (χ4n) is 2.50. The van der Waals surface area contributed by atoms with Gasteiger partial charge < -0.3 is 10.4 Å². The lowest BCUT2D eigenvalue weighted by molar-refractivity contribution is -0.140. The van der Waals surface area contributed by atoms with Crippen LogP contribution in [0.25, 0.3) is 0 Å². The second-order valence-electron chi connectivity index (χ2n) is 5.25. The fraction of sp³-hybridized carbons (Fsp3) is 0.571. The predicted octanol–water partition coefficient (Wildman–Crippen LogP) is 2.89. The molecule has 20 heavy (non-hydrogen) atoms. The molecule has 0 aromatic heterocycles. The summed E-state index contributed by atoms with van der Waals surface area (Å²) < 4.78 is 51.6. The van der Waals surface area contributed by atoms with E-state index in [-0.39, 0.29) is 18.4 Å². The van der Waals surface area contributed by atoms with Crippen LogP contribution in [0.4, 0.5) is 17.6 Å². The largest absolute Gasteiger partial charge is 0.419 e. The standard InChI is InChI=1S/C14H17F4NO/c15-12-10(2-1-3-11(12)14(16,17)18)4-5-13(20)6-8-19-9-7-13/h1-3,19-20H,4-9H2. The van der Waals surface area contributed by atoms with Gasteiger partial charge in [0.15, 0.2) is 0 Å². The Kier molecular flexibility index (Phi) is 4.34. The molecule has 1 aliphatic heterocycles. The molecule has 6 heteroatoms. The van der Waals surface area contributed by atoms with Crippen molar-refractivity contribution in [2.45, 2.75) is 37.5 Å². The van der Waals surface area contributed by atoms with Crippen molar-refractivity contribution in [3.8, 4) is 0 Å². The summed E-state index contributed by atoms with van der Waals surface area (Å²) >= 11 is 0. The molecular formula is C14H17F4NO. The van der Waals surface area contributed by atoms with E-state index in [2.05, 4.69) is 5.32 Å². The monoisotopic (exact) mass is 291 g/mol. The minimum atomic E-state index is -4.69. The van der Waals surface area contributed by atoms with E-state index in [0.29, 0.717) is 25.9 Å². The summed E-state index contributed by atoms with van der Waals surface area (Å²) in [5, 5.41) is 13.4. The van der Waals surface area contributed by atoms with Crippen LogP contribution in [0.15, 0.2) is 18.2 Å². The number of alkyl halides is 3. The lowest BCUT2D eigenvalue weighted by atomic mass is 9.86. The van der Waals surface area contributed by atoms with Crippen LogP contribution in [0.1, 0.15) is 30.4 Å². The Labute approximate surface area is 114 Å². The van der Waals surface area contributed by atoms with E-state index < -0.39 is 23.2 Å². The van der Waals surface area contributed by atoms with Crippen molar-refractivity contribution in [3.63, 3.8) is 0 Å². The molecule has 1 fully saturated rings. The van der Waals surface area contributed by atoms with Crippen molar-refractivity contribution in [1.82, 2.24) is 5.32 Å². The van der Waals surface area contributed by atoms with E-state index in [9.17, 15) is 22.7 Å². The Morgan fingerprint density at radius 1 is 1.20 bits per heavy atom. The number of aryl methyl sites for hydroxylation is 1. The smallest absolute Gasteiger partial charge is 0.390 e. The van der Waals surface area contributed by atoms with Crippen molar-refractivity contribution in [3.05, 3.63) is 35.1 Å². The van der Waals surface area contributed by atoms with Crippen LogP contribution in [-0.2, 0) is 12.6 Å². The maximum Gasteiger partial charge on any atom is 0.419 e. The molecule has 1 aliphatic rings. The van der Waals surface area contributed by atoms with Gasteiger partial charge in [0.1, 0.15) is 5.82 Å². The number of halogens is 4. The average molecular weight is 291 g/mol. The molecule has 1 aromatic rings. The van der Waals surface area contributed by atoms with Gasteiger partial charge in [-0.2, -0.15) is 13.2 Å². The van der Waals surface area contributed by atoms with Gasteiger partial charge in [-0.3, -0.25) is 0 Å². The molecule has 0 bridgehead atoms. The van der Waals surface area contributed by atoms with Gasteiger partial charge in [0, 0.05) is 0 Å². The van der Waals surface area contributed by atoms with Crippen LogP contribution in [0.3, 0.4) is 0 Å². The summed E-state index contributed by atoms with van der Waals surface area (Å²) in [4.78, 5) is 0. The van der Waals surface area contributed by atoms with Gasteiger partial charge in [-0.15, -0.1) is 0 Å². The zero-order chi connectivity index (χ0) is 14.8. The van der Waals surface area contributed by atoms with Gasteiger partial charge in [-0.25, -0.2) is 4.39 Å². The highest BCUT2D eigenvalue weighted by molar-refractivity contribution is 5.28. The molecule has 0 unspecified atom stereocenters. The Bertz CT molecular complexity index is 467. The molecule has 0 radical (unpaired) electrons. The molecule has 0 saturated carbocycles. The molecule has 2 N–H and O–H groups in total. The topological polar surface area (TPSA) is 32.3 Å². The molecule has 1 aromatic carbocycles. The number of aliphatic hydroxyl groups is 1. The Morgan fingerprint density at radius 3 is 2.45 bits per heavy atom. The van der Waals surface area contributed by atoms with Gasteiger partial charge in [-0.05, 0) is 50.4 Å². The maximum absolute atomic E-state index is 13.8. The number of piperidine rings is 1. The van der Waals surface area contributed by atoms with Gasteiger partial charge in [-0.1, -0.05) is 12.1 Å². The van der Waals surface area contributed by atoms with Gasteiger partial charge in [0.2, 0.25) is 0 Å². The minimum Gasteiger partial charge on any atom is -0.390 e. The number of rotatable bonds is 3. The normalized spacial score (nSPS) is 19.1. The lowest BCUT2D eigenvalue weighted by Gasteiger charge is -2.32. The average Bonchev–Trinajstić information content (AvgIpc) is 2.37. The molecule has 2 rings (SSSR count). The maximum atomic E-state index is 13.8. The van der Waals surface area contributed by atoms with Gasteiger partial charge in [0.25, 0.3) is 0 Å². The first-order chi connectivity index (χ1) is 9.32. The first-order valence-electron chi connectivity index (χ1n) is 6.59. The second kappa shape index (κ2) is 5.69. The van der Waals surface area contributed by atoms with Crippen molar-refractivity contribution in [2.24, 2.45) is 0 Å². The zero-order valence-electron chi connectivity index (χ0n) is 10.9. The van der Waals surface area contributed by atoms with Crippen molar-refractivity contribution >= 4 is 0 Å². The highest BCUT2D eigenvalue weighted by Gasteiger charge is 2.35. The number of hydrogen-bond donors (Lipinski definition) is 2. The molecule has 0 spiro atoms. The molecule has 2 nitrogen and oxygen atoms in total. The lowest BCUT2D eigenvalue weighted by Crippen LogP contribution is -2.42. The van der Waals surface area contributed by atoms with Crippen molar-refractivity contribution in [2.75, 3.05) is 13.1 Å². The fourth-order valence-corrected chi connectivity index (χ4v) is 2.50. The quantitative estimate of drug-likeness (QED) is 0.839. The predicted molar refractivity (Wildman–Crippen MR) is 66.8 cm³/mol. The third-order valence-electron chi connectivity index (χ3n) is 3.78. The molecule has 1 saturated heterocycles. The third-order valence-corrected chi connectivity index (χ3v) is 3.78. The van der Waals surface area contributed by atoms with E-state index in [4.69, 9.17) is 0 Å².